The molecule has 0 saturated carbocycles. The van der Waals surface area contributed by atoms with Crippen molar-refractivity contribution in [2.45, 2.75) is 13.0 Å². The molecule has 0 heterocycles. The fourth-order valence-electron chi connectivity index (χ4n) is 2.97. The zero-order chi connectivity index (χ0) is 20.1. The van der Waals surface area contributed by atoms with Crippen LogP contribution in [-0.2, 0) is 9.53 Å². The Morgan fingerprint density at radius 2 is 1.57 bits per heavy atom. The Balaban J connectivity index is 1.59. The fraction of sp³-hybridized carbons (Fsp3) is 0.136. The van der Waals surface area contributed by atoms with Crippen LogP contribution < -0.4 is 11.1 Å². The Morgan fingerprint density at radius 1 is 0.929 bits per heavy atom. The van der Waals surface area contributed by atoms with Crippen LogP contribution in [0.1, 0.15) is 39.2 Å². The quantitative estimate of drug-likeness (QED) is 0.646. The van der Waals surface area contributed by atoms with E-state index in [9.17, 15) is 14.4 Å². The number of hydrogen-bond acceptors (Lipinski definition) is 4. The van der Waals surface area contributed by atoms with E-state index in [0.29, 0.717) is 5.56 Å². The SMILES string of the molecule is CC(NC(=O)COC(=O)c1ccc(C(N)=O)cc1)c1cccc2ccccc12. The number of amides is 2. The minimum Gasteiger partial charge on any atom is -0.452 e. The molecule has 0 aliphatic carbocycles. The highest BCUT2D eigenvalue weighted by Gasteiger charge is 2.15. The van der Waals surface area contributed by atoms with Crippen molar-refractivity contribution in [3.05, 3.63) is 83.4 Å². The molecule has 0 fully saturated rings. The molecule has 0 spiro atoms. The second-order valence-electron chi connectivity index (χ2n) is 6.38. The normalized spacial score (nSPS) is 11.6. The van der Waals surface area contributed by atoms with Gasteiger partial charge in [-0.05, 0) is 47.5 Å². The van der Waals surface area contributed by atoms with Gasteiger partial charge in [-0.2, -0.15) is 0 Å². The zero-order valence-corrected chi connectivity index (χ0v) is 15.3. The second kappa shape index (κ2) is 8.35. The number of esters is 1. The average Bonchev–Trinajstić information content (AvgIpc) is 2.71. The number of nitrogens with one attached hydrogen (secondary N) is 1. The molecule has 3 rings (SSSR count). The number of ether oxygens (including phenoxy) is 1. The van der Waals surface area contributed by atoms with Gasteiger partial charge in [0.25, 0.3) is 5.91 Å². The van der Waals surface area contributed by atoms with Gasteiger partial charge in [0, 0.05) is 5.56 Å². The number of primary amides is 1. The number of hydrogen-bond donors (Lipinski definition) is 2. The highest BCUT2D eigenvalue weighted by atomic mass is 16.5. The standard InChI is InChI=1S/C22H20N2O4/c1-14(18-8-4-6-15-5-2-3-7-19(15)18)24-20(25)13-28-22(27)17-11-9-16(10-12-17)21(23)26/h2-12,14H,13H2,1H3,(H2,23,26)(H,24,25). The Hall–Kier alpha value is -3.67. The lowest BCUT2D eigenvalue weighted by atomic mass is 10.00. The van der Waals surface area contributed by atoms with Gasteiger partial charge in [0.1, 0.15) is 0 Å². The summed E-state index contributed by atoms with van der Waals surface area (Å²) in [6, 6.07) is 19.3. The van der Waals surface area contributed by atoms with Gasteiger partial charge in [-0.1, -0.05) is 42.5 Å². The van der Waals surface area contributed by atoms with Gasteiger partial charge in [-0.3, -0.25) is 9.59 Å². The first kappa shape index (κ1) is 19.1. The van der Waals surface area contributed by atoms with Crippen molar-refractivity contribution in [2.24, 2.45) is 5.73 Å². The van der Waals surface area contributed by atoms with Crippen LogP contribution in [0.15, 0.2) is 66.7 Å². The van der Waals surface area contributed by atoms with Gasteiger partial charge >= 0.3 is 5.97 Å². The predicted octanol–water partition coefficient (Wildman–Crippen LogP) is 2.97. The minimum absolute atomic E-state index is 0.236. The lowest BCUT2D eigenvalue weighted by molar-refractivity contribution is -0.124. The topological polar surface area (TPSA) is 98.5 Å². The Kier molecular flexibility index (Phi) is 5.69. The van der Waals surface area contributed by atoms with Gasteiger partial charge < -0.3 is 15.8 Å². The van der Waals surface area contributed by atoms with Crippen molar-refractivity contribution < 1.29 is 19.1 Å². The summed E-state index contributed by atoms with van der Waals surface area (Å²) in [4.78, 5) is 35.3. The van der Waals surface area contributed by atoms with E-state index in [-0.39, 0.29) is 11.6 Å². The predicted molar refractivity (Wildman–Crippen MR) is 106 cm³/mol. The molecule has 1 unspecified atom stereocenters. The van der Waals surface area contributed by atoms with Crippen LogP contribution in [0, 0.1) is 0 Å². The van der Waals surface area contributed by atoms with Crippen LogP contribution >= 0.6 is 0 Å². The summed E-state index contributed by atoms with van der Waals surface area (Å²) in [6.45, 7) is 1.48. The summed E-state index contributed by atoms with van der Waals surface area (Å²) in [7, 11) is 0. The third-order valence-electron chi connectivity index (χ3n) is 4.41. The van der Waals surface area contributed by atoms with Gasteiger partial charge in [-0.25, -0.2) is 4.79 Å². The van der Waals surface area contributed by atoms with Crippen LogP contribution in [0.5, 0.6) is 0 Å². The summed E-state index contributed by atoms with van der Waals surface area (Å²) < 4.78 is 5.05. The summed E-state index contributed by atoms with van der Waals surface area (Å²) in [5.74, 6) is -1.63. The van der Waals surface area contributed by atoms with Crippen molar-refractivity contribution in [3.8, 4) is 0 Å². The van der Waals surface area contributed by atoms with Crippen LogP contribution in [0.2, 0.25) is 0 Å². The van der Waals surface area contributed by atoms with Crippen molar-refractivity contribution in [3.63, 3.8) is 0 Å². The zero-order valence-electron chi connectivity index (χ0n) is 15.3. The molecule has 142 valence electrons. The smallest absolute Gasteiger partial charge is 0.338 e. The molecule has 0 radical (unpaired) electrons. The van der Waals surface area contributed by atoms with Crippen LogP contribution in [0.4, 0.5) is 0 Å². The molecule has 2 amide bonds. The largest absolute Gasteiger partial charge is 0.452 e. The van der Waals surface area contributed by atoms with Crippen molar-refractivity contribution in [2.75, 3.05) is 6.61 Å². The van der Waals surface area contributed by atoms with Crippen LogP contribution in [0.3, 0.4) is 0 Å². The van der Waals surface area contributed by atoms with Gasteiger partial charge in [0.2, 0.25) is 5.91 Å². The summed E-state index contributed by atoms with van der Waals surface area (Å²) in [5.41, 5.74) is 6.67. The first-order chi connectivity index (χ1) is 13.5. The Bertz CT molecular complexity index is 1020. The van der Waals surface area contributed by atoms with Crippen molar-refractivity contribution in [1.29, 1.82) is 0 Å². The molecule has 0 bridgehead atoms. The van der Waals surface area contributed by atoms with Gasteiger partial charge in [0.15, 0.2) is 6.61 Å². The maximum atomic E-state index is 12.2. The molecule has 3 aromatic carbocycles. The van der Waals surface area contributed by atoms with Gasteiger partial charge in [0.05, 0.1) is 11.6 Å². The molecule has 3 aromatic rings. The average molecular weight is 376 g/mol. The van der Waals surface area contributed by atoms with Crippen LogP contribution in [0.25, 0.3) is 10.8 Å². The molecular weight excluding hydrogens is 356 g/mol. The maximum absolute atomic E-state index is 12.2. The highest BCUT2D eigenvalue weighted by Crippen LogP contribution is 2.23. The number of benzene rings is 3. The maximum Gasteiger partial charge on any atom is 0.338 e. The van der Waals surface area contributed by atoms with Crippen molar-refractivity contribution in [1.82, 2.24) is 5.32 Å². The molecule has 0 aliphatic heterocycles. The molecular formula is C22H20N2O4. The van der Waals surface area contributed by atoms with E-state index in [1.165, 1.54) is 24.3 Å². The lowest BCUT2D eigenvalue weighted by Gasteiger charge is -2.16. The third-order valence-corrected chi connectivity index (χ3v) is 4.41. The van der Waals surface area contributed by atoms with E-state index in [1.807, 2.05) is 49.4 Å². The molecule has 3 N–H and O–H groups in total. The Morgan fingerprint density at radius 3 is 2.29 bits per heavy atom. The van der Waals surface area contributed by atoms with E-state index >= 15 is 0 Å². The monoisotopic (exact) mass is 376 g/mol. The highest BCUT2D eigenvalue weighted by molar-refractivity contribution is 5.95. The number of carbonyl (C=O) groups is 3. The van der Waals surface area contributed by atoms with E-state index in [0.717, 1.165) is 16.3 Å². The van der Waals surface area contributed by atoms with E-state index in [1.54, 1.807) is 0 Å². The van der Waals surface area contributed by atoms with E-state index in [2.05, 4.69) is 5.32 Å². The molecule has 6 nitrogen and oxygen atoms in total. The first-order valence-corrected chi connectivity index (χ1v) is 8.79. The fourth-order valence-corrected chi connectivity index (χ4v) is 2.97. The molecule has 1 atom stereocenters. The molecule has 0 aromatic heterocycles. The summed E-state index contributed by atoms with van der Waals surface area (Å²) in [6.07, 6.45) is 0. The molecule has 6 heteroatoms. The van der Waals surface area contributed by atoms with Gasteiger partial charge in [-0.15, -0.1) is 0 Å². The number of nitrogens with two attached hydrogens (primary N) is 1. The number of rotatable bonds is 6. The van der Waals surface area contributed by atoms with E-state index in [4.69, 9.17) is 10.5 Å². The summed E-state index contributed by atoms with van der Waals surface area (Å²) >= 11 is 0. The second-order valence-corrected chi connectivity index (χ2v) is 6.38. The van der Waals surface area contributed by atoms with Crippen molar-refractivity contribution >= 4 is 28.6 Å². The summed E-state index contributed by atoms with van der Waals surface area (Å²) in [5, 5.41) is 4.99. The molecule has 0 aliphatic rings. The third kappa shape index (κ3) is 4.35. The number of fused-ring (bicyclic) bond motifs is 1. The van der Waals surface area contributed by atoms with Crippen LogP contribution in [-0.4, -0.2) is 24.4 Å². The Labute approximate surface area is 162 Å². The molecule has 0 saturated heterocycles. The number of carbonyl (C=O) groups excluding carboxylic acids is 3. The first-order valence-electron chi connectivity index (χ1n) is 8.79. The molecule has 28 heavy (non-hydrogen) atoms. The minimum atomic E-state index is -0.649. The van der Waals surface area contributed by atoms with E-state index < -0.39 is 24.4 Å². The lowest BCUT2D eigenvalue weighted by Crippen LogP contribution is -2.31.